The lowest BCUT2D eigenvalue weighted by molar-refractivity contribution is -0.132. The molecule has 0 aliphatic rings. The smallest absolute Gasteiger partial charge is 0.245 e. The van der Waals surface area contributed by atoms with Crippen molar-refractivity contribution in [2.24, 2.45) is 11.8 Å². The Bertz CT molecular complexity index is 1310. The summed E-state index contributed by atoms with van der Waals surface area (Å²) in [6.07, 6.45) is 1.84. The molecule has 0 radical (unpaired) electrons. The first-order valence-corrected chi connectivity index (χ1v) is 15.7. The molecule has 12 nitrogen and oxygen atoms in total. The molecule has 2 aromatic rings. The first kappa shape index (κ1) is 35.6. The maximum absolute atomic E-state index is 13.5. The number of aryl methyl sites for hydroxylation is 1. The van der Waals surface area contributed by atoms with Gasteiger partial charge in [-0.3, -0.25) is 19.2 Å². The zero-order valence-corrected chi connectivity index (χ0v) is 26.5. The minimum Gasteiger partial charge on any atom is -0.461 e. The fraction of sp³-hybridized carbons (Fsp3) is 0.533. The van der Waals surface area contributed by atoms with E-state index in [0.717, 1.165) is 5.56 Å². The standard InChI is InChI=1S/C30H44N4O8S/c1-19(2)13-14-31-27(35)17-24(34-43(39,40)22-11-9-21(5)10-12-22)29(37)33-25(18-41-6)30(38)32-23(16-20(3)4)28(36)26-8-7-15-42-26/h7-12,15,19-20,23-25,34H,13-14,16-18H2,1-6H3,(H,31,35)(H,32,38)(H,33,37). The molecule has 1 aromatic carbocycles. The van der Waals surface area contributed by atoms with Crippen molar-refractivity contribution in [1.82, 2.24) is 20.7 Å². The molecule has 0 saturated carbocycles. The number of ketones is 1. The molecule has 43 heavy (non-hydrogen) atoms. The molecule has 238 valence electrons. The molecule has 0 aliphatic carbocycles. The van der Waals surface area contributed by atoms with Crippen LogP contribution < -0.4 is 20.7 Å². The zero-order chi connectivity index (χ0) is 32.2. The van der Waals surface area contributed by atoms with Crippen molar-refractivity contribution >= 4 is 33.5 Å². The van der Waals surface area contributed by atoms with Gasteiger partial charge in [-0.1, -0.05) is 45.4 Å². The molecule has 0 saturated heterocycles. The van der Waals surface area contributed by atoms with Crippen LogP contribution in [0.4, 0.5) is 0 Å². The van der Waals surface area contributed by atoms with E-state index in [4.69, 9.17) is 9.15 Å². The van der Waals surface area contributed by atoms with Crippen LogP contribution in [0.1, 0.15) is 63.1 Å². The van der Waals surface area contributed by atoms with E-state index in [9.17, 15) is 27.6 Å². The molecule has 3 atom stereocenters. The van der Waals surface area contributed by atoms with Crippen LogP contribution in [-0.2, 0) is 29.1 Å². The summed E-state index contributed by atoms with van der Waals surface area (Å²) in [4.78, 5) is 52.4. The van der Waals surface area contributed by atoms with E-state index < -0.39 is 58.1 Å². The predicted octanol–water partition coefficient (Wildman–Crippen LogP) is 2.33. The molecular weight excluding hydrogens is 576 g/mol. The monoisotopic (exact) mass is 620 g/mol. The maximum Gasteiger partial charge on any atom is 0.245 e. The lowest BCUT2D eigenvalue weighted by Crippen LogP contribution is -2.57. The summed E-state index contributed by atoms with van der Waals surface area (Å²) in [5, 5.41) is 7.86. The molecule has 1 heterocycles. The van der Waals surface area contributed by atoms with Crippen LogP contribution in [0.2, 0.25) is 0 Å². The third-order valence-electron chi connectivity index (χ3n) is 6.45. The van der Waals surface area contributed by atoms with Crippen molar-refractivity contribution in [3.8, 4) is 0 Å². The third-order valence-corrected chi connectivity index (χ3v) is 7.94. The van der Waals surface area contributed by atoms with E-state index in [2.05, 4.69) is 20.7 Å². The van der Waals surface area contributed by atoms with E-state index >= 15 is 0 Å². The Balaban J connectivity index is 2.27. The van der Waals surface area contributed by atoms with Crippen molar-refractivity contribution in [2.75, 3.05) is 20.3 Å². The third kappa shape index (κ3) is 11.9. The van der Waals surface area contributed by atoms with Gasteiger partial charge in [0.2, 0.25) is 33.5 Å². The van der Waals surface area contributed by atoms with E-state index in [1.165, 1.54) is 31.6 Å². The van der Waals surface area contributed by atoms with Crippen molar-refractivity contribution in [3.05, 3.63) is 54.0 Å². The molecule has 0 aliphatic heterocycles. The highest BCUT2D eigenvalue weighted by atomic mass is 32.2. The highest BCUT2D eigenvalue weighted by Crippen LogP contribution is 2.14. The minimum absolute atomic E-state index is 0.0365. The topological polar surface area (TPSA) is 173 Å². The van der Waals surface area contributed by atoms with Gasteiger partial charge in [0.25, 0.3) is 0 Å². The largest absolute Gasteiger partial charge is 0.461 e. The van der Waals surface area contributed by atoms with Gasteiger partial charge in [0, 0.05) is 13.7 Å². The first-order chi connectivity index (χ1) is 20.2. The van der Waals surface area contributed by atoms with Gasteiger partial charge in [-0.15, -0.1) is 0 Å². The van der Waals surface area contributed by atoms with Gasteiger partial charge in [-0.25, -0.2) is 8.42 Å². The second-order valence-corrected chi connectivity index (χ2v) is 13.0. The Morgan fingerprint density at radius 3 is 2.07 bits per heavy atom. The normalized spacial score (nSPS) is 13.8. The Morgan fingerprint density at radius 2 is 1.51 bits per heavy atom. The molecule has 0 fully saturated rings. The molecule has 4 N–H and O–H groups in total. The first-order valence-electron chi connectivity index (χ1n) is 14.3. The summed E-state index contributed by atoms with van der Waals surface area (Å²) in [5.74, 6) is -2.17. The number of carbonyl (C=O) groups excluding carboxylic acids is 4. The number of Topliss-reactive ketones (excluding diaryl/α,β-unsaturated/α-hetero) is 1. The Kier molecular flexibility index (Phi) is 14.0. The minimum atomic E-state index is -4.22. The summed E-state index contributed by atoms with van der Waals surface area (Å²) in [6.45, 7) is 9.64. The summed E-state index contributed by atoms with van der Waals surface area (Å²) < 4.78 is 39.0. The van der Waals surface area contributed by atoms with Crippen LogP contribution in [-0.4, -0.2) is 70.3 Å². The van der Waals surface area contributed by atoms with Gasteiger partial charge in [0.1, 0.15) is 12.1 Å². The Hall–Kier alpha value is -3.55. The van der Waals surface area contributed by atoms with Crippen molar-refractivity contribution in [1.29, 1.82) is 0 Å². The predicted molar refractivity (Wildman–Crippen MR) is 161 cm³/mol. The van der Waals surface area contributed by atoms with Gasteiger partial charge in [0.05, 0.1) is 30.2 Å². The molecule has 3 unspecified atom stereocenters. The van der Waals surface area contributed by atoms with Gasteiger partial charge in [-0.05, 0) is 55.9 Å². The number of carbonyl (C=O) groups is 4. The molecule has 0 bridgehead atoms. The molecule has 1 aromatic heterocycles. The van der Waals surface area contributed by atoms with E-state index in [1.54, 1.807) is 25.1 Å². The van der Waals surface area contributed by atoms with Crippen LogP contribution in [0.25, 0.3) is 0 Å². The van der Waals surface area contributed by atoms with E-state index in [1.807, 2.05) is 27.7 Å². The number of nitrogens with one attached hydrogen (secondary N) is 4. The summed E-state index contributed by atoms with van der Waals surface area (Å²) >= 11 is 0. The van der Waals surface area contributed by atoms with Gasteiger partial charge < -0.3 is 25.1 Å². The summed E-state index contributed by atoms with van der Waals surface area (Å²) in [6, 6.07) is 5.26. The quantitative estimate of drug-likeness (QED) is 0.184. The number of methoxy groups -OCH3 is 1. The van der Waals surface area contributed by atoms with Crippen molar-refractivity contribution in [3.63, 3.8) is 0 Å². The van der Waals surface area contributed by atoms with E-state index in [0.29, 0.717) is 25.3 Å². The lowest BCUT2D eigenvalue weighted by Gasteiger charge is -2.25. The SMILES string of the molecule is COCC(NC(=O)C(CC(=O)NCCC(C)C)NS(=O)(=O)c1ccc(C)cc1)C(=O)NC(CC(C)C)C(=O)c1ccco1. The summed E-state index contributed by atoms with van der Waals surface area (Å²) in [7, 11) is -2.89. The number of hydrogen-bond acceptors (Lipinski definition) is 8. The number of rotatable bonds is 18. The van der Waals surface area contributed by atoms with Crippen LogP contribution in [0.3, 0.4) is 0 Å². The average Bonchev–Trinajstić information content (AvgIpc) is 3.46. The van der Waals surface area contributed by atoms with Crippen LogP contribution in [0.15, 0.2) is 52.0 Å². The van der Waals surface area contributed by atoms with E-state index in [-0.39, 0.29) is 23.2 Å². The molecule has 2 rings (SSSR count). The average molecular weight is 621 g/mol. The fourth-order valence-corrected chi connectivity index (χ4v) is 5.30. The Labute approximate surface area is 253 Å². The van der Waals surface area contributed by atoms with Crippen LogP contribution in [0, 0.1) is 18.8 Å². The highest BCUT2D eigenvalue weighted by Gasteiger charge is 2.33. The number of hydrogen-bond donors (Lipinski definition) is 4. The molecular formula is C30H44N4O8S. The molecule has 3 amide bonds. The van der Waals surface area contributed by atoms with Crippen LogP contribution in [0.5, 0.6) is 0 Å². The maximum atomic E-state index is 13.5. The number of amides is 3. The highest BCUT2D eigenvalue weighted by molar-refractivity contribution is 7.89. The number of sulfonamides is 1. The number of furan rings is 1. The fourth-order valence-electron chi connectivity index (χ4n) is 4.11. The van der Waals surface area contributed by atoms with Gasteiger partial charge in [-0.2, -0.15) is 4.72 Å². The number of ether oxygens (including phenoxy) is 1. The second kappa shape index (κ2) is 16.9. The van der Waals surface area contributed by atoms with Crippen LogP contribution >= 0.6 is 0 Å². The summed E-state index contributed by atoms with van der Waals surface area (Å²) in [5.41, 5.74) is 0.840. The van der Waals surface area contributed by atoms with Gasteiger partial charge in [0.15, 0.2) is 5.76 Å². The number of benzene rings is 1. The van der Waals surface area contributed by atoms with Crippen molar-refractivity contribution < 1.29 is 36.7 Å². The lowest BCUT2D eigenvalue weighted by atomic mass is 9.98. The van der Waals surface area contributed by atoms with Gasteiger partial charge >= 0.3 is 0 Å². The molecule has 0 spiro atoms. The second-order valence-electron chi connectivity index (χ2n) is 11.3. The molecule has 13 heteroatoms. The zero-order valence-electron chi connectivity index (χ0n) is 25.6. The Morgan fingerprint density at radius 1 is 0.884 bits per heavy atom. The van der Waals surface area contributed by atoms with Crippen molar-refractivity contribution in [2.45, 2.75) is 76.9 Å².